The fourth-order valence-electron chi connectivity index (χ4n) is 2.06. The Morgan fingerprint density at radius 3 is 3.07 bits per heavy atom. The van der Waals surface area contributed by atoms with Gasteiger partial charge in [-0.05, 0) is 32.8 Å². The molecule has 0 aromatic heterocycles. The van der Waals surface area contributed by atoms with Crippen LogP contribution >= 0.6 is 0 Å². The summed E-state index contributed by atoms with van der Waals surface area (Å²) in [5.74, 6) is 0. The van der Waals surface area contributed by atoms with Gasteiger partial charge in [0.1, 0.15) is 0 Å². The van der Waals surface area contributed by atoms with Crippen molar-refractivity contribution in [1.82, 2.24) is 10.3 Å². The average Bonchev–Trinajstić information content (AvgIpc) is 2.35. The van der Waals surface area contributed by atoms with Crippen molar-refractivity contribution in [2.75, 3.05) is 0 Å². The van der Waals surface area contributed by atoms with Crippen LogP contribution in [-0.2, 0) is 0 Å². The van der Waals surface area contributed by atoms with Crippen molar-refractivity contribution < 1.29 is 0 Å². The molecule has 0 spiro atoms. The van der Waals surface area contributed by atoms with E-state index < -0.39 is 0 Å². The van der Waals surface area contributed by atoms with Gasteiger partial charge in [-0.1, -0.05) is 12.7 Å². The highest BCUT2D eigenvalue weighted by molar-refractivity contribution is 5.78. The number of hydrogen-bond acceptors (Lipinski definition) is 3. The van der Waals surface area contributed by atoms with Gasteiger partial charge in [-0.25, -0.2) is 0 Å². The minimum Gasteiger partial charge on any atom is -0.340 e. The van der Waals surface area contributed by atoms with Gasteiger partial charge in [0, 0.05) is 11.7 Å². The van der Waals surface area contributed by atoms with Crippen LogP contribution in [0.1, 0.15) is 26.7 Å². The second-order valence-electron chi connectivity index (χ2n) is 4.13. The van der Waals surface area contributed by atoms with E-state index >= 15 is 0 Å². The molecule has 1 heterocycles. The summed E-state index contributed by atoms with van der Waals surface area (Å²) in [6, 6.07) is 0.417. The van der Waals surface area contributed by atoms with Gasteiger partial charge in [-0.3, -0.25) is 5.43 Å². The molecule has 1 N–H and O–H groups in total. The van der Waals surface area contributed by atoms with E-state index in [4.69, 9.17) is 0 Å². The maximum atomic E-state index is 4.14. The summed E-state index contributed by atoms with van der Waals surface area (Å²) in [4.78, 5) is 2.25. The predicted octanol–water partition coefficient (Wildman–Crippen LogP) is 2.36. The van der Waals surface area contributed by atoms with Crippen LogP contribution in [0.25, 0.3) is 0 Å². The number of allylic oxidation sites excluding steroid dienone is 4. The summed E-state index contributed by atoms with van der Waals surface area (Å²) >= 11 is 0. The van der Waals surface area contributed by atoms with Crippen molar-refractivity contribution in [2.24, 2.45) is 5.10 Å². The van der Waals surface area contributed by atoms with Crippen molar-refractivity contribution in [3.63, 3.8) is 0 Å². The Kier molecular flexibility index (Phi) is 2.62. The summed E-state index contributed by atoms with van der Waals surface area (Å²) in [7, 11) is 0. The van der Waals surface area contributed by atoms with Crippen LogP contribution in [0, 0.1) is 0 Å². The van der Waals surface area contributed by atoms with Gasteiger partial charge in [-0.2, -0.15) is 5.10 Å². The van der Waals surface area contributed by atoms with Crippen molar-refractivity contribution >= 4 is 6.21 Å². The van der Waals surface area contributed by atoms with Crippen LogP contribution in [0.15, 0.2) is 40.9 Å². The van der Waals surface area contributed by atoms with Crippen molar-refractivity contribution in [3.8, 4) is 0 Å². The third-order valence-electron chi connectivity index (χ3n) is 2.66. The maximum absolute atomic E-state index is 4.14. The molecule has 0 saturated carbocycles. The number of hydrazone groups is 1. The summed E-state index contributed by atoms with van der Waals surface area (Å²) in [5.41, 5.74) is 6.42. The normalized spacial score (nSPS) is 20.5. The molecule has 1 aliphatic carbocycles. The van der Waals surface area contributed by atoms with Crippen LogP contribution < -0.4 is 5.43 Å². The summed E-state index contributed by atoms with van der Waals surface area (Å²) < 4.78 is 0. The van der Waals surface area contributed by atoms with Gasteiger partial charge in [0.2, 0.25) is 0 Å². The third kappa shape index (κ3) is 1.82. The van der Waals surface area contributed by atoms with E-state index in [0.29, 0.717) is 6.04 Å². The van der Waals surface area contributed by atoms with E-state index in [2.05, 4.69) is 48.0 Å². The highest BCUT2D eigenvalue weighted by atomic mass is 15.3. The standard InChI is InChI=1S/C12H17N3/c1-9(2)15-10(3)8-13-14-11-6-4-5-7-12(11)15/h4,6,8-9,14H,3,5,7H2,1-2H3. The molecular formula is C12H17N3. The molecular weight excluding hydrogens is 186 g/mol. The van der Waals surface area contributed by atoms with Gasteiger partial charge >= 0.3 is 0 Å². The SMILES string of the molecule is C=C1C=NNC2=C(CCC=C2)N1C(C)C. The quantitative estimate of drug-likeness (QED) is 0.708. The second kappa shape index (κ2) is 3.93. The van der Waals surface area contributed by atoms with Crippen LogP contribution in [-0.4, -0.2) is 17.2 Å². The molecule has 3 heteroatoms. The van der Waals surface area contributed by atoms with Gasteiger partial charge in [0.15, 0.2) is 0 Å². The lowest BCUT2D eigenvalue weighted by molar-refractivity contribution is 0.355. The van der Waals surface area contributed by atoms with E-state index in [1.54, 1.807) is 6.21 Å². The van der Waals surface area contributed by atoms with Gasteiger partial charge in [0.25, 0.3) is 0 Å². The van der Waals surface area contributed by atoms with Gasteiger partial charge in [0.05, 0.1) is 17.6 Å². The topological polar surface area (TPSA) is 27.6 Å². The Bertz CT molecular complexity index is 361. The fourth-order valence-corrected chi connectivity index (χ4v) is 2.06. The van der Waals surface area contributed by atoms with Gasteiger partial charge in [-0.15, -0.1) is 0 Å². The molecule has 3 nitrogen and oxygen atoms in total. The lowest BCUT2D eigenvalue weighted by Crippen LogP contribution is -2.31. The molecule has 0 fully saturated rings. The highest BCUT2D eigenvalue weighted by Gasteiger charge is 2.21. The number of nitrogens with one attached hydrogen (secondary N) is 1. The van der Waals surface area contributed by atoms with E-state index in [0.717, 1.165) is 24.2 Å². The molecule has 0 saturated heterocycles. The molecule has 0 atom stereocenters. The van der Waals surface area contributed by atoms with Gasteiger partial charge < -0.3 is 4.90 Å². The Morgan fingerprint density at radius 2 is 2.33 bits per heavy atom. The molecule has 2 rings (SSSR count). The first kappa shape index (κ1) is 10.0. The number of nitrogens with zero attached hydrogens (tertiary/aromatic N) is 2. The summed E-state index contributed by atoms with van der Waals surface area (Å²) in [6.45, 7) is 8.39. The first-order valence-corrected chi connectivity index (χ1v) is 5.37. The van der Waals surface area contributed by atoms with Crippen molar-refractivity contribution in [3.05, 3.63) is 35.8 Å². The van der Waals surface area contributed by atoms with Crippen LogP contribution in [0.5, 0.6) is 0 Å². The smallest absolute Gasteiger partial charge is 0.0753 e. The van der Waals surface area contributed by atoms with Crippen molar-refractivity contribution in [1.29, 1.82) is 0 Å². The molecule has 80 valence electrons. The summed E-state index contributed by atoms with van der Waals surface area (Å²) in [5, 5.41) is 4.14. The first-order valence-electron chi connectivity index (χ1n) is 5.37. The molecule has 0 amide bonds. The molecule has 2 aliphatic rings. The van der Waals surface area contributed by atoms with E-state index in [-0.39, 0.29) is 0 Å². The molecule has 0 radical (unpaired) electrons. The molecule has 15 heavy (non-hydrogen) atoms. The van der Waals surface area contributed by atoms with E-state index in [9.17, 15) is 0 Å². The first-order chi connectivity index (χ1) is 7.20. The average molecular weight is 203 g/mol. The van der Waals surface area contributed by atoms with Crippen molar-refractivity contribution in [2.45, 2.75) is 32.7 Å². The summed E-state index contributed by atoms with van der Waals surface area (Å²) in [6.07, 6.45) is 8.21. The lowest BCUT2D eigenvalue weighted by atomic mass is 10.1. The maximum Gasteiger partial charge on any atom is 0.0753 e. The number of rotatable bonds is 1. The number of hydrogen-bond donors (Lipinski definition) is 1. The largest absolute Gasteiger partial charge is 0.340 e. The Balaban J connectivity index is 2.42. The molecule has 0 aromatic rings. The fraction of sp³-hybridized carbons (Fsp3) is 0.417. The monoisotopic (exact) mass is 203 g/mol. The zero-order valence-corrected chi connectivity index (χ0v) is 9.33. The van der Waals surface area contributed by atoms with Crippen LogP contribution in [0.2, 0.25) is 0 Å². The van der Waals surface area contributed by atoms with Crippen LogP contribution in [0.3, 0.4) is 0 Å². The molecule has 0 aromatic carbocycles. The zero-order chi connectivity index (χ0) is 10.8. The Morgan fingerprint density at radius 1 is 1.53 bits per heavy atom. The lowest BCUT2D eigenvalue weighted by Gasteiger charge is -2.32. The predicted molar refractivity (Wildman–Crippen MR) is 63.1 cm³/mol. The van der Waals surface area contributed by atoms with E-state index in [1.807, 2.05) is 0 Å². The molecule has 0 bridgehead atoms. The molecule has 0 unspecified atom stereocenters. The minimum absolute atomic E-state index is 0.417. The second-order valence-corrected chi connectivity index (χ2v) is 4.13. The highest BCUT2D eigenvalue weighted by Crippen LogP contribution is 2.27. The Labute approximate surface area is 90.8 Å². The van der Waals surface area contributed by atoms with E-state index in [1.165, 1.54) is 5.70 Å². The molecule has 1 aliphatic heterocycles. The Hall–Kier alpha value is -1.51. The third-order valence-corrected chi connectivity index (χ3v) is 2.66. The van der Waals surface area contributed by atoms with Crippen LogP contribution in [0.4, 0.5) is 0 Å². The minimum atomic E-state index is 0.417. The zero-order valence-electron chi connectivity index (χ0n) is 9.33.